The SMILES string of the molecule is CCCCCCCCN1Cc2ccccc2CC1CNC. The molecule has 1 aliphatic rings. The molecule has 1 unspecified atom stereocenters. The summed E-state index contributed by atoms with van der Waals surface area (Å²) in [6, 6.07) is 9.64. The highest BCUT2D eigenvalue weighted by Crippen LogP contribution is 2.23. The van der Waals surface area contributed by atoms with Crippen molar-refractivity contribution in [2.75, 3.05) is 20.1 Å². The van der Waals surface area contributed by atoms with Crippen molar-refractivity contribution in [3.8, 4) is 0 Å². The molecular weight excluding hydrogens is 256 g/mol. The second-order valence-electron chi connectivity index (χ2n) is 6.42. The zero-order chi connectivity index (χ0) is 14.9. The Labute approximate surface area is 130 Å². The van der Waals surface area contributed by atoms with E-state index in [2.05, 4.69) is 48.5 Å². The standard InChI is InChI=1S/C19H32N2/c1-3-4-5-6-7-10-13-21-16-18-12-9-8-11-17(18)14-19(21)15-20-2/h8-9,11-12,19-20H,3-7,10,13-16H2,1-2H3. The third-order valence-corrected chi connectivity index (χ3v) is 4.70. The molecule has 118 valence electrons. The number of likely N-dealkylation sites (N-methyl/N-ethyl adjacent to an activating group) is 1. The van der Waals surface area contributed by atoms with Gasteiger partial charge in [-0.3, -0.25) is 4.90 Å². The first-order chi connectivity index (χ1) is 10.3. The van der Waals surface area contributed by atoms with E-state index in [1.165, 1.54) is 57.1 Å². The lowest BCUT2D eigenvalue weighted by Gasteiger charge is -2.37. The highest BCUT2D eigenvalue weighted by Gasteiger charge is 2.24. The molecule has 0 spiro atoms. The van der Waals surface area contributed by atoms with Gasteiger partial charge in [-0.05, 0) is 37.6 Å². The van der Waals surface area contributed by atoms with Crippen molar-refractivity contribution in [1.82, 2.24) is 10.2 Å². The maximum absolute atomic E-state index is 3.37. The average molecular weight is 288 g/mol. The molecule has 1 heterocycles. The zero-order valence-corrected chi connectivity index (χ0v) is 13.9. The molecule has 0 fully saturated rings. The highest BCUT2D eigenvalue weighted by molar-refractivity contribution is 5.30. The topological polar surface area (TPSA) is 15.3 Å². The Hall–Kier alpha value is -0.860. The van der Waals surface area contributed by atoms with Crippen molar-refractivity contribution in [2.24, 2.45) is 0 Å². The number of benzene rings is 1. The van der Waals surface area contributed by atoms with E-state index in [-0.39, 0.29) is 0 Å². The van der Waals surface area contributed by atoms with E-state index in [0.29, 0.717) is 6.04 Å². The second-order valence-corrected chi connectivity index (χ2v) is 6.42. The van der Waals surface area contributed by atoms with Crippen molar-refractivity contribution in [3.63, 3.8) is 0 Å². The third kappa shape index (κ3) is 5.12. The van der Waals surface area contributed by atoms with Gasteiger partial charge in [0.25, 0.3) is 0 Å². The van der Waals surface area contributed by atoms with E-state index >= 15 is 0 Å². The van der Waals surface area contributed by atoms with Crippen LogP contribution in [-0.2, 0) is 13.0 Å². The quantitative estimate of drug-likeness (QED) is 0.691. The summed E-state index contributed by atoms with van der Waals surface area (Å²) < 4.78 is 0. The van der Waals surface area contributed by atoms with Gasteiger partial charge >= 0.3 is 0 Å². The van der Waals surface area contributed by atoms with Crippen molar-refractivity contribution >= 4 is 0 Å². The summed E-state index contributed by atoms with van der Waals surface area (Å²) >= 11 is 0. The van der Waals surface area contributed by atoms with Crippen LogP contribution >= 0.6 is 0 Å². The third-order valence-electron chi connectivity index (χ3n) is 4.70. The summed E-state index contributed by atoms with van der Waals surface area (Å²) in [6.07, 6.45) is 9.52. The Morgan fingerprint density at radius 2 is 1.76 bits per heavy atom. The van der Waals surface area contributed by atoms with E-state index < -0.39 is 0 Å². The smallest absolute Gasteiger partial charge is 0.0264 e. The van der Waals surface area contributed by atoms with Gasteiger partial charge in [-0.15, -0.1) is 0 Å². The van der Waals surface area contributed by atoms with Crippen molar-refractivity contribution in [2.45, 2.75) is 64.5 Å². The van der Waals surface area contributed by atoms with Crippen molar-refractivity contribution in [1.29, 1.82) is 0 Å². The number of fused-ring (bicyclic) bond motifs is 1. The van der Waals surface area contributed by atoms with Crippen LogP contribution < -0.4 is 5.32 Å². The zero-order valence-electron chi connectivity index (χ0n) is 13.9. The molecule has 0 saturated carbocycles. The van der Waals surface area contributed by atoms with Gasteiger partial charge < -0.3 is 5.32 Å². The molecule has 0 aliphatic carbocycles. The van der Waals surface area contributed by atoms with Crippen LogP contribution in [0.2, 0.25) is 0 Å². The minimum Gasteiger partial charge on any atom is -0.318 e. The monoisotopic (exact) mass is 288 g/mol. The van der Waals surface area contributed by atoms with Crippen LogP contribution in [0.1, 0.15) is 56.6 Å². The maximum atomic E-state index is 3.37. The molecule has 2 heteroatoms. The normalized spacial score (nSPS) is 18.7. The second kappa shape index (κ2) is 9.22. The number of unbranched alkanes of at least 4 members (excludes halogenated alkanes) is 5. The van der Waals surface area contributed by atoms with Crippen LogP contribution in [0.3, 0.4) is 0 Å². The van der Waals surface area contributed by atoms with Gasteiger partial charge in [0.05, 0.1) is 0 Å². The fourth-order valence-corrected chi connectivity index (χ4v) is 3.44. The molecule has 0 amide bonds. The molecular formula is C19H32N2. The van der Waals surface area contributed by atoms with Gasteiger partial charge in [0.1, 0.15) is 0 Å². The maximum Gasteiger partial charge on any atom is 0.0264 e. The number of hydrogen-bond donors (Lipinski definition) is 1. The Morgan fingerprint density at radius 1 is 1.05 bits per heavy atom. The fraction of sp³-hybridized carbons (Fsp3) is 0.684. The summed E-state index contributed by atoms with van der Waals surface area (Å²) in [6.45, 7) is 5.78. The Morgan fingerprint density at radius 3 is 2.52 bits per heavy atom. The minimum absolute atomic E-state index is 0.667. The van der Waals surface area contributed by atoms with Gasteiger partial charge in [0.2, 0.25) is 0 Å². The van der Waals surface area contributed by atoms with Crippen LogP contribution in [-0.4, -0.2) is 31.1 Å². The minimum atomic E-state index is 0.667. The summed E-state index contributed by atoms with van der Waals surface area (Å²) in [5.41, 5.74) is 3.09. The number of hydrogen-bond acceptors (Lipinski definition) is 2. The molecule has 1 aliphatic heterocycles. The van der Waals surface area contributed by atoms with Gasteiger partial charge in [-0.2, -0.15) is 0 Å². The molecule has 1 N–H and O–H groups in total. The molecule has 1 atom stereocenters. The van der Waals surface area contributed by atoms with Crippen LogP contribution in [0, 0.1) is 0 Å². The van der Waals surface area contributed by atoms with Crippen molar-refractivity contribution in [3.05, 3.63) is 35.4 Å². The van der Waals surface area contributed by atoms with Gasteiger partial charge in [-0.1, -0.05) is 63.3 Å². The average Bonchev–Trinajstić information content (AvgIpc) is 2.51. The fourth-order valence-electron chi connectivity index (χ4n) is 3.44. The molecule has 1 aromatic rings. The van der Waals surface area contributed by atoms with E-state index in [9.17, 15) is 0 Å². The van der Waals surface area contributed by atoms with E-state index in [4.69, 9.17) is 0 Å². The summed E-state index contributed by atoms with van der Waals surface area (Å²) in [7, 11) is 2.07. The first-order valence-corrected chi connectivity index (χ1v) is 8.80. The van der Waals surface area contributed by atoms with Gasteiger partial charge in [0, 0.05) is 19.1 Å². The van der Waals surface area contributed by atoms with E-state index in [0.717, 1.165) is 13.1 Å². The molecule has 2 nitrogen and oxygen atoms in total. The lowest BCUT2D eigenvalue weighted by atomic mass is 9.93. The molecule has 0 bridgehead atoms. The van der Waals surface area contributed by atoms with E-state index in [1.54, 1.807) is 5.56 Å². The largest absolute Gasteiger partial charge is 0.318 e. The number of nitrogens with one attached hydrogen (secondary N) is 1. The predicted octanol–water partition coefficient (Wildman–Crippen LogP) is 3.99. The molecule has 0 aromatic heterocycles. The Kier molecular flexibility index (Phi) is 7.25. The summed E-state index contributed by atoms with van der Waals surface area (Å²) in [5, 5.41) is 3.37. The summed E-state index contributed by atoms with van der Waals surface area (Å²) in [5.74, 6) is 0. The lowest BCUT2D eigenvalue weighted by molar-refractivity contribution is 0.166. The van der Waals surface area contributed by atoms with Crippen LogP contribution in [0.4, 0.5) is 0 Å². The molecule has 0 radical (unpaired) electrons. The highest BCUT2D eigenvalue weighted by atomic mass is 15.2. The molecule has 2 rings (SSSR count). The first-order valence-electron chi connectivity index (χ1n) is 8.80. The van der Waals surface area contributed by atoms with Crippen LogP contribution in [0.25, 0.3) is 0 Å². The Bertz CT molecular complexity index is 402. The van der Waals surface area contributed by atoms with Crippen LogP contribution in [0.5, 0.6) is 0 Å². The Balaban J connectivity index is 1.82. The van der Waals surface area contributed by atoms with Crippen LogP contribution in [0.15, 0.2) is 24.3 Å². The van der Waals surface area contributed by atoms with Crippen molar-refractivity contribution < 1.29 is 0 Å². The summed E-state index contributed by atoms with van der Waals surface area (Å²) in [4.78, 5) is 2.69. The molecule has 0 saturated heterocycles. The van der Waals surface area contributed by atoms with Gasteiger partial charge in [0.15, 0.2) is 0 Å². The van der Waals surface area contributed by atoms with E-state index in [1.807, 2.05) is 0 Å². The first kappa shape index (κ1) is 16.5. The number of rotatable bonds is 9. The van der Waals surface area contributed by atoms with Gasteiger partial charge in [-0.25, -0.2) is 0 Å². The number of nitrogens with zero attached hydrogens (tertiary/aromatic N) is 1. The lowest BCUT2D eigenvalue weighted by Crippen LogP contribution is -2.46. The molecule has 1 aromatic carbocycles. The predicted molar refractivity (Wildman–Crippen MR) is 91.6 cm³/mol. The molecule has 21 heavy (non-hydrogen) atoms.